The zero-order valence-corrected chi connectivity index (χ0v) is 11.2. The van der Waals surface area contributed by atoms with Crippen LogP contribution in [0.3, 0.4) is 0 Å². The molecule has 14 heavy (non-hydrogen) atoms. The van der Waals surface area contributed by atoms with E-state index in [9.17, 15) is 0 Å². The quantitative estimate of drug-likeness (QED) is 0.835. The lowest BCUT2D eigenvalue weighted by Gasteiger charge is -2.10. The van der Waals surface area contributed by atoms with Crippen LogP contribution in [-0.2, 0) is 4.74 Å². The van der Waals surface area contributed by atoms with E-state index in [-0.39, 0.29) is 0 Å². The second-order valence-electron chi connectivity index (χ2n) is 2.72. The fraction of sp³-hybridized carbons (Fsp3) is 0.400. The van der Waals surface area contributed by atoms with Gasteiger partial charge in [-0.1, -0.05) is 6.07 Å². The van der Waals surface area contributed by atoms with Crippen molar-refractivity contribution in [2.45, 2.75) is 6.92 Å². The van der Waals surface area contributed by atoms with E-state index < -0.39 is 0 Å². The van der Waals surface area contributed by atoms with Crippen molar-refractivity contribution < 1.29 is 4.74 Å². The Morgan fingerprint density at radius 2 is 1.93 bits per heavy atom. The summed E-state index contributed by atoms with van der Waals surface area (Å²) >= 11 is 6.97. The Bertz CT molecular complexity index is 271. The van der Waals surface area contributed by atoms with Gasteiger partial charge in [-0.3, -0.25) is 0 Å². The van der Waals surface area contributed by atoms with Crippen molar-refractivity contribution in [2.75, 3.05) is 25.1 Å². The normalized spacial score (nSPS) is 10.2. The van der Waals surface area contributed by atoms with Crippen molar-refractivity contribution in [2.24, 2.45) is 0 Å². The van der Waals surface area contributed by atoms with Crippen LogP contribution in [0.25, 0.3) is 0 Å². The van der Waals surface area contributed by atoms with Gasteiger partial charge in [-0.25, -0.2) is 0 Å². The molecule has 0 saturated carbocycles. The topological polar surface area (TPSA) is 21.3 Å². The summed E-state index contributed by atoms with van der Waals surface area (Å²) in [4.78, 5) is 0. The van der Waals surface area contributed by atoms with E-state index in [2.05, 4.69) is 37.2 Å². The molecule has 78 valence electrons. The van der Waals surface area contributed by atoms with Crippen molar-refractivity contribution in [3.63, 3.8) is 0 Å². The van der Waals surface area contributed by atoms with Crippen LogP contribution in [0.1, 0.15) is 6.92 Å². The molecule has 2 nitrogen and oxygen atoms in total. The van der Waals surface area contributed by atoms with Crippen molar-refractivity contribution in [1.82, 2.24) is 0 Å². The summed E-state index contributed by atoms with van der Waals surface area (Å²) in [7, 11) is 0. The van der Waals surface area contributed by atoms with Gasteiger partial charge in [0.25, 0.3) is 0 Å². The minimum Gasteiger partial charge on any atom is -0.381 e. The van der Waals surface area contributed by atoms with Crippen molar-refractivity contribution in [3.05, 3.63) is 27.1 Å². The zero-order chi connectivity index (χ0) is 10.4. The summed E-state index contributed by atoms with van der Waals surface area (Å²) in [5.74, 6) is 0. The van der Waals surface area contributed by atoms with Gasteiger partial charge < -0.3 is 10.1 Å². The summed E-state index contributed by atoms with van der Waals surface area (Å²) in [5.41, 5.74) is 1.08. The summed E-state index contributed by atoms with van der Waals surface area (Å²) in [6, 6.07) is 6.00. The molecule has 1 aromatic rings. The van der Waals surface area contributed by atoms with Gasteiger partial charge in [-0.15, -0.1) is 0 Å². The lowest BCUT2D eigenvalue weighted by Crippen LogP contribution is -2.09. The monoisotopic (exact) mass is 321 g/mol. The Morgan fingerprint density at radius 1 is 1.29 bits per heavy atom. The molecule has 0 saturated heterocycles. The van der Waals surface area contributed by atoms with Crippen molar-refractivity contribution in [1.29, 1.82) is 0 Å². The number of nitrogens with one attached hydrogen (secondary N) is 1. The van der Waals surface area contributed by atoms with Crippen LogP contribution in [-0.4, -0.2) is 19.8 Å². The first kappa shape index (κ1) is 12.0. The van der Waals surface area contributed by atoms with Gasteiger partial charge in [0.05, 0.1) is 12.3 Å². The molecule has 0 amide bonds. The minimum atomic E-state index is 0.726. The molecule has 0 aliphatic rings. The third-order valence-corrected chi connectivity index (χ3v) is 3.04. The number of hydrogen-bond acceptors (Lipinski definition) is 2. The molecule has 0 aliphatic carbocycles. The van der Waals surface area contributed by atoms with Crippen molar-refractivity contribution >= 4 is 37.5 Å². The fourth-order valence-corrected chi connectivity index (χ4v) is 2.34. The van der Waals surface area contributed by atoms with E-state index in [0.717, 1.165) is 34.4 Å². The molecule has 0 fully saturated rings. The van der Waals surface area contributed by atoms with Crippen LogP contribution in [0.5, 0.6) is 0 Å². The second-order valence-corrected chi connectivity index (χ2v) is 4.43. The van der Waals surface area contributed by atoms with Crippen LogP contribution >= 0.6 is 31.9 Å². The first-order chi connectivity index (χ1) is 6.75. The third kappa shape index (κ3) is 3.59. The average molecular weight is 323 g/mol. The number of rotatable bonds is 5. The predicted molar refractivity (Wildman–Crippen MR) is 66.8 cm³/mol. The Labute approximate surface area is 101 Å². The molecule has 4 heteroatoms. The van der Waals surface area contributed by atoms with Gasteiger partial charge >= 0.3 is 0 Å². The molecule has 0 spiro atoms. The first-order valence-electron chi connectivity index (χ1n) is 4.51. The van der Waals surface area contributed by atoms with Gasteiger partial charge in [0, 0.05) is 22.1 Å². The smallest absolute Gasteiger partial charge is 0.0638 e. The first-order valence-corrected chi connectivity index (χ1v) is 6.10. The van der Waals surface area contributed by atoms with E-state index in [1.807, 2.05) is 25.1 Å². The lowest BCUT2D eigenvalue weighted by molar-refractivity contribution is 0.158. The van der Waals surface area contributed by atoms with E-state index in [4.69, 9.17) is 4.74 Å². The molecule has 1 rings (SSSR count). The maximum absolute atomic E-state index is 5.24. The Balaban J connectivity index is 2.49. The molecular formula is C10H13Br2NO. The molecule has 0 radical (unpaired) electrons. The molecule has 1 N–H and O–H groups in total. The van der Waals surface area contributed by atoms with E-state index in [0.29, 0.717) is 0 Å². The minimum absolute atomic E-state index is 0.726. The van der Waals surface area contributed by atoms with Crippen molar-refractivity contribution in [3.8, 4) is 0 Å². The molecule has 0 aromatic heterocycles. The molecule has 0 unspecified atom stereocenters. The SMILES string of the molecule is CCOCCNc1c(Br)cccc1Br. The Morgan fingerprint density at radius 3 is 2.50 bits per heavy atom. The van der Waals surface area contributed by atoms with Gasteiger partial charge in [0.1, 0.15) is 0 Å². The van der Waals surface area contributed by atoms with Gasteiger partial charge in [-0.2, -0.15) is 0 Å². The summed E-state index contributed by atoms with van der Waals surface area (Å²) in [5, 5.41) is 3.30. The zero-order valence-electron chi connectivity index (χ0n) is 8.02. The second kappa shape index (κ2) is 6.43. The molecule has 0 aliphatic heterocycles. The summed E-state index contributed by atoms with van der Waals surface area (Å²) in [6.07, 6.45) is 0. The molecular weight excluding hydrogens is 310 g/mol. The van der Waals surface area contributed by atoms with E-state index in [1.54, 1.807) is 0 Å². The number of hydrogen-bond donors (Lipinski definition) is 1. The molecule has 0 heterocycles. The number of ether oxygens (including phenoxy) is 1. The molecule has 0 bridgehead atoms. The largest absolute Gasteiger partial charge is 0.381 e. The van der Waals surface area contributed by atoms with Crippen LogP contribution in [0.4, 0.5) is 5.69 Å². The average Bonchev–Trinajstić information content (AvgIpc) is 2.16. The number of anilines is 1. The van der Waals surface area contributed by atoms with E-state index >= 15 is 0 Å². The number of halogens is 2. The molecule has 0 atom stereocenters. The van der Waals surface area contributed by atoms with Crippen LogP contribution < -0.4 is 5.32 Å². The highest BCUT2D eigenvalue weighted by molar-refractivity contribution is 9.11. The highest BCUT2D eigenvalue weighted by Crippen LogP contribution is 2.30. The van der Waals surface area contributed by atoms with Gasteiger partial charge in [-0.05, 0) is 50.9 Å². The van der Waals surface area contributed by atoms with Gasteiger partial charge in [0.2, 0.25) is 0 Å². The highest BCUT2D eigenvalue weighted by Gasteiger charge is 2.02. The maximum Gasteiger partial charge on any atom is 0.0638 e. The van der Waals surface area contributed by atoms with E-state index in [1.165, 1.54) is 0 Å². The van der Waals surface area contributed by atoms with Crippen LogP contribution in [0.15, 0.2) is 27.1 Å². The molecule has 1 aromatic carbocycles. The van der Waals surface area contributed by atoms with Gasteiger partial charge in [0.15, 0.2) is 0 Å². The maximum atomic E-state index is 5.24. The fourth-order valence-electron chi connectivity index (χ4n) is 1.06. The third-order valence-electron chi connectivity index (χ3n) is 1.72. The van der Waals surface area contributed by atoms with Crippen LogP contribution in [0.2, 0.25) is 0 Å². The Kier molecular flexibility index (Phi) is 5.52. The lowest BCUT2D eigenvalue weighted by atomic mass is 10.3. The number of para-hydroxylation sites is 1. The Hall–Kier alpha value is -0.0600. The predicted octanol–water partition coefficient (Wildman–Crippen LogP) is 3.66. The van der Waals surface area contributed by atoms with Crippen LogP contribution in [0, 0.1) is 0 Å². The highest BCUT2D eigenvalue weighted by atomic mass is 79.9. The standard InChI is InChI=1S/C10H13Br2NO/c1-2-14-7-6-13-10-8(11)4-3-5-9(10)12/h3-5,13H,2,6-7H2,1H3. The number of benzene rings is 1. The summed E-state index contributed by atoms with van der Waals surface area (Å²) < 4.78 is 7.36. The summed E-state index contributed by atoms with van der Waals surface area (Å²) in [6.45, 7) is 4.30.